The summed E-state index contributed by atoms with van der Waals surface area (Å²) in [7, 11) is 1.00. The second kappa shape index (κ2) is 5.83. The zero-order valence-corrected chi connectivity index (χ0v) is 8.72. The predicted octanol–water partition coefficient (Wildman–Crippen LogP) is 2.54. The van der Waals surface area contributed by atoms with Gasteiger partial charge in [0.05, 0.1) is 0 Å². The molecule has 0 unspecified atom stereocenters. The average Bonchev–Trinajstić information content (AvgIpc) is 2.33. The van der Waals surface area contributed by atoms with E-state index in [1.54, 1.807) is 0 Å². The van der Waals surface area contributed by atoms with Gasteiger partial charge in [-0.25, -0.2) is 0 Å². The largest absolute Gasteiger partial charge is 0.400 e. The summed E-state index contributed by atoms with van der Waals surface area (Å²) < 4.78 is 0. The lowest BCUT2D eigenvalue weighted by Crippen LogP contribution is -1.88. The second-order valence-electron chi connectivity index (χ2n) is 2.95. The number of nitrogens with two attached hydrogens (primary N) is 1. The first-order chi connectivity index (χ1) is 7.38. The van der Waals surface area contributed by atoms with Crippen LogP contribution in [0.1, 0.15) is 0 Å². The van der Waals surface area contributed by atoms with E-state index in [1.165, 1.54) is 5.56 Å². The summed E-state index contributed by atoms with van der Waals surface area (Å²) in [6.45, 7) is 0. The number of anilines is 1. The van der Waals surface area contributed by atoms with E-state index in [9.17, 15) is 0 Å². The van der Waals surface area contributed by atoms with Crippen LogP contribution in [0.3, 0.4) is 0 Å². The summed E-state index contributed by atoms with van der Waals surface area (Å²) >= 11 is 0. The van der Waals surface area contributed by atoms with Crippen LogP contribution in [0.2, 0.25) is 0 Å². The highest BCUT2D eigenvalue weighted by Crippen LogP contribution is 2.24. The molecule has 0 radical (unpaired) electrons. The fourth-order valence-corrected chi connectivity index (χ4v) is 1.38. The quantitative estimate of drug-likeness (QED) is 0.696. The lowest BCUT2D eigenvalue weighted by Gasteiger charge is -2.03. The highest BCUT2D eigenvalue weighted by Gasteiger charge is 1.98. The predicted molar refractivity (Wildman–Crippen MR) is 64.4 cm³/mol. The first-order valence-corrected chi connectivity index (χ1v) is 4.72. The fourth-order valence-electron chi connectivity index (χ4n) is 1.38. The Kier molecular flexibility index (Phi) is 4.38. The Bertz CT molecular complexity index is 398. The van der Waals surface area contributed by atoms with Crippen LogP contribution >= 0.6 is 0 Å². The topological polar surface area (TPSA) is 46.2 Å². The van der Waals surface area contributed by atoms with Crippen LogP contribution in [-0.2, 0) is 0 Å². The van der Waals surface area contributed by atoms with Crippen molar-refractivity contribution >= 4 is 5.69 Å². The lowest BCUT2D eigenvalue weighted by molar-refractivity contribution is 0.399. The molecule has 0 aliphatic carbocycles. The van der Waals surface area contributed by atoms with Crippen LogP contribution in [0.15, 0.2) is 54.6 Å². The molecule has 2 aromatic carbocycles. The molecule has 0 saturated carbocycles. The smallest absolute Gasteiger partial charge is 0.0393 e. The minimum Gasteiger partial charge on any atom is -0.400 e. The van der Waals surface area contributed by atoms with E-state index < -0.39 is 0 Å². The molecule has 0 bridgehead atoms. The number of nitrogen functional groups attached to an aromatic ring is 1. The Hall–Kier alpha value is -1.80. The van der Waals surface area contributed by atoms with Crippen molar-refractivity contribution < 1.29 is 5.11 Å². The minimum atomic E-state index is 0.828. The molecule has 0 amide bonds. The molecule has 2 aromatic rings. The Morgan fingerprint density at radius 2 is 1.33 bits per heavy atom. The van der Waals surface area contributed by atoms with Gasteiger partial charge in [0.2, 0.25) is 0 Å². The molecular formula is C13H15NO. The Morgan fingerprint density at radius 3 is 1.93 bits per heavy atom. The maximum Gasteiger partial charge on any atom is 0.0393 e. The number of aliphatic hydroxyl groups excluding tert-OH is 1. The van der Waals surface area contributed by atoms with E-state index in [0.717, 1.165) is 18.4 Å². The van der Waals surface area contributed by atoms with Gasteiger partial charge in [0.25, 0.3) is 0 Å². The van der Waals surface area contributed by atoms with Crippen molar-refractivity contribution in [1.82, 2.24) is 0 Å². The number of benzene rings is 2. The van der Waals surface area contributed by atoms with Gasteiger partial charge in [-0.15, -0.1) is 0 Å². The molecule has 0 spiro atoms. The molecule has 2 rings (SSSR count). The summed E-state index contributed by atoms with van der Waals surface area (Å²) in [4.78, 5) is 0. The highest BCUT2D eigenvalue weighted by molar-refractivity contribution is 5.75. The lowest BCUT2D eigenvalue weighted by atomic mass is 10.0. The normalized spacial score (nSPS) is 8.93. The molecule has 0 atom stereocenters. The maximum absolute atomic E-state index is 7.00. The minimum absolute atomic E-state index is 0.828. The second-order valence-corrected chi connectivity index (χ2v) is 2.95. The first kappa shape index (κ1) is 11.3. The number of hydrogen-bond donors (Lipinski definition) is 2. The van der Waals surface area contributed by atoms with Gasteiger partial charge >= 0.3 is 0 Å². The Labute approximate surface area is 90.0 Å². The summed E-state index contributed by atoms with van der Waals surface area (Å²) in [6, 6.07) is 18.1. The summed E-state index contributed by atoms with van der Waals surface area (Å²) in [5.41, 5.74) is 8.95. The van der Waals surface area contributed by atoms with Crippen molar-refractivity contribution in [2.24, 2.45) is 0 Å². The Balaban J connectivity index is 0.000000531. The van der Waals surface area contributed by atoms with Crippen molar-refractivity contribution in [1.29, 1.82) is 0 Å². The maximum atomic E-state index is 7.00. The van der Waals surface area contributed by atoms with Crippen LogP contribution in [0.4, 0.5) is 5.69 Å². The Morgan fingerprint density at radius 1 is 0.800 bits per heavy atom. The van der Waals surface area contributed by atoms with Crippen LogP contribution in [0, 0.1) is 0 Å². The average molecular weight is 201 g/mol. The first-order valence-electron chi connectivity index (χ1n) is 4.72. The molecule has 0 saturated heterocycles. The number of hydrogen-bond acceptors (Lipinski definition) is 2. The van der Waals surface area contributed by atoms with Gasteiger partial charge in [-0.1, -0.05) is 48.5 Å². The third-order valence-corrected chi connectivity index (χ3v) is 2.05. The van der Waals surface area contributed by atoms with E-state index in [4.69, 9.17) is 10.8 Å². The molecular weight excluding hydrogens is 186 g/mol. The van der Waals surface area contributed by atoms with Gasteiger partial charge in [-0.05, 0) is 11.6 Å². The van der Waals surface area contributed by atoms with Crippen molar-refractivity contribution in [3.8, 4) is 11.1 Å². The summed E-state index contributed by atoms with van der Waals surface area (Å²) in [5, 5.41) is 7.00. The van der Waals surface area contributed by atoms with Crippen molar-refractivity contribution in [2.45, 2.75) is 0 Å². The van der Waals surface area contributed by atoms with E-state index in [1.807, 2.05) is 42.5 Å². The molecule has 0 aromatic heterocycles. The zero-order valence-electron chi connectivity index (χ0n) is 8.72. The molecule has 0 aliphatic rings. The van der Waals surface area contributed by atoms with Crippen LogP contribution in [0.5, 0.6) is 0 Å². The SMILES string of the molecule is CO.Nc1ccccc1-c1ccccc1. The molecule has 78 valence electrons. The standard InChI is InChI=1S/C12H11N.CH4O/c13-12-9-5-4-8-11(12)10-6-2-1-3-7-10;1-2/h1-9H,13H2;2H,1H3. The van der Waals surface area contributed by atoms with Gasteiger partial charge in [-0.3, -0.25) is 0 Å². The molecule has 2 nitrogen and oxygen atoms in total. The molecule has 0 heterocycles. The molecule has 2 heteroatoms. The molecule has 3 N–H and O–H groups in total. The van der Waals surface area contributed by atoms with E-state index >= 15 is 0 Å². The van der Waals surface area contributed by atoms with Crippen molar-refractivity contribution in [3.05, 3.63) is 54.6 Å². The van der Waals surface area contributed by atoms with Gasteiger partial charge in [0, 0.05) is 18.4 Å². The fraction of sp³-hybridized carbons (Fsp3) is 0.0769. The van der Waals surface area contributed by atoms with Crippen molar-refractivity contribution in [3.63, 3.8) is 0 Å². The third-order valence-electron chi connectivity index (χ3n) is 2.05. The molecule has 0 aliphatic heterocycles. The number of rotatable bonds is 1. The van der Waals surface area contributed by atoms with E-state index in [-0.39, 0.29) is 0 Å². The highest BCUT2D eigenvalue weighted by atomic mass is 16.2. The van der Waals surface area contributed by atoms with E-state index in [2.05, 4.69) is 12.1 Å². The zero-order chi connectivity index (χ0) is 11.1. The van der Waals surface area contributed by atoms with E-state index in [0.29, 0.717) is 0 Å². The summed E-state index contributed by atoms with van der Waals surface area (Å²) in [6.07, 6.45) is 0. The molecule has 15 heavy (non-hydrogen) atoms. The number of para-hydroxylation sites is 1. The summed E-state index contributed by atoms with van der Waals surface area (Å²) in [5.74, 6) is 0. The van der Waals surface area contributed by atoms with Gasteiger partial charge in [0.1, 0.15) is 0 Å². The van der Waals surface area contributed by atoms with Gasteiger partial charge in [0.15, 0.2) is 0 Å². The van der Waals surface area contributed by atoms with Crippen LogP contribution in [-0.4, -0.2) is 12.2 Å². The van der Waals surface area contributed by atoms with Crippen molar-refractivity contribution in [2.75, 3.05) is 12.8 Å². The van der Waals surface area contributed by atoms with Gasteiger partial charge in [-0.2, -0.15) is 0 Å². The molecule has 0 fully saturated rings. The van der Waals surface area contributed by atoms with Crippen LogP contribution < -0.4 is 5.73 Å². The monoisotopic (exact) mass is 201 g/mol. The van der Waals surface area contributed by atoms with Crippen LogP contribution in [0.25, 0.3) is 11.1 Å². The van der Waals surface area contributed by atoms with Gasteiger partial charge < -0.3 is 10.8 Å². The number of aliphatic hydroxyl groups is 1. The third kappa shape index (κ3) is 2.82.